The normalized spacial score (nSPS) is 11.1. The molecule has 0 aliphatic heterocycles. The standard InChI is InChI=1S/C21H20FNO4S/c1-26-18-12-10-17(11-13-18)23(15-16-6-3-4-9-21(16)22)28(24,25)20-8-5-7-19(14-20)27-2/h3-14H,15H2,1-2H3. The number of hydrogen-bond donors (Lipinski definition) is 0. The topological polar surface area (TPSA) is 55.8 Å². The van der Waals surface area contributed by atoms with E-state index in [0.717, 1.165) is 0 Å². The van der Waals surface area contributed by atoms with E-state index in [1.807, 2.05) is 0 Å². The zero-order chi connectivity index (χ0) is 20.1. The van der Waals surface area contributed by atoms with Gasteiger partial charge >= 0.3 is 0 Å². The van der Waals surface area contributed by atoms with Crippen molar-refractivity contribution in [1.82, 2.24) is 0 Å². The lowest BCUT2D eigenvalue weighted by Crippen LogP contribution is -2.31. The van der Waals surface area contributed by atoms with Crippen molar-refractivity contribution >= 4 is 15.7 Å². The minimum absolute atomic E-state index is 0.0546. The Bertz CT molecular complexity index is 1050. The predicted molar refractivity (Wildman–Crippen MR) is 106 cm³/mol. The smallest absolute Gasteiger partial charge is 0.264 e. The fraction of sp³-hybridized carbons (Fsp3) is 0.143. The lowest BCUT2D eigenvalue weighted by molar-refractivity contribution is 0.413. The molecule has 5 nitrogen and oxygen atoms in total. The van der Waals surface area contributed by atoms with Crippen LogP contribution in [0.1, 0.15) is 5.56 Å². The van der Waals surface area contributed by atoms with Crippen LogP contribution in [0.25, 0.3) is 0 Å². The van der Waals surface area contributed by atoms with Gasteiger partial charge in [0.2, 0.25) is 0 Å². The Balaban J connectivity index is 2.09. The molecule has 0 saturated carbocycles. The number of halogens is 1. The van der Waals surface area contributed by atoms with Gasteiger partial charge in [-0.05, 0) is 42.5 Å². The molecule has 3 aromatic carbocycles. The molecule has 0 N–H and O–H groups in total. The lowest BCUT2D eigenvalue weighted by Gasteiger charge is -2.25. The Hall–Kier alpha value is -3.06. The molecule has 3 rings (SSSR count). The largest absolute Gasteiger partial charge is 0.497 e. The maximum absolute atomic E-state index is 14.2. The fourth-order valence-electron chi connectivity index (χ4n) is 2.73. The molecule has 3 aromatic rings. The third kappa shape index (κ3) is 4.09. The van der Waals surface area contributed by atoms with Gasteiger partial charge in [0.05, 0.1) is 31.3 Å². The fourth-order valence-corrected chi connectivity index (χ4v) is 4.21. The van der Waals surface area contributed by atoms with E-state index in [1.165, 1.54) is 36.7 Å². The summed E-state index contributed by atoms with van der Waals surface area (Å²) in [6, 6.07) is 18.8. The molecule has 0 bridgehead atoms. The third-order valence-corrected chi connectivity index (χ3v) is 6.03. The number of benzene rings is 3. The van der Waals surface area contributed by atoms with Crippen LogP contribution in [0.3, 0.4) is 0 Å². The monoisotopic (exact) mass is 401 g/mol. The van der Waals surface area contributed by atoms with Crippen molar-refractivity contribution in [2.24, 2.45) is 0 Å². The van der Waals surface area contributed by atoms with Gasteiger partial charge in [0.15, 0.2) is 0 Å². The van der Waals surface area contributed by atoms with Crippen LogP contribution in [0, 0.1) is 5.82 Å². The SMILES string of the molecule is COc1ccc(N(Cc2ccccc2F)S(=O)(=O)c2cccc(OC)c2)cc1. The molecular weight excluding hydrogens is 381 g/mol. The highest BCUT2D eigenvalue weighted by molar-refractivity contribution is 7.92. The van der Waals surface area contributed by atoms with Gasteiger partial charge in [-0.3, -0.25) is 4.31 Å². The number of rotatable bonds is 7. The van der Waals surface area contributed by atoms with Crippen molar-refractivity contribution in [3.8, 4) is 11.5 Å². The van der Waals surface area contributed by atoms with Gasteiger partial charge < -0.3 is 9.47 Å². The van der Waals surface area contributed by atoms with Gasteiger partial charge in [-0.15, -0.1) is 0 Å². The number of hydrogen-bond acceptors (Lipinski definition) is 4. The van der Waals surface area contributed by atoms with Crippen LogP contribution in [-0.4, -0.2) is 22.6 Å². The molecule has 0 atom stereocenters. The molecule has 7 heteroatoms. The van der Waals surface area contributed by atoms with E-state index < -0.39 is 15.8 Å². The molecule has 146 valence electrons. The second kappa shape index (κ2) is 8.31. The van der Waals surface area contributed by atoms with E-state index in [9.17, 15) is 12.8 Å². The van der Waals surface area contributed by atoms with Gasteiger partial charge in [-0.25, -0.2) is 12.8 Å². The minimum atomic E-state index is -3.98. The highest BCUT2D eigenvalue weighted by Gasteiger charge is 2.26. The van der Waals surface area contributed by atoms with Crippen LogP contribution in [0.4, 0.5) is 10.1 Å². The number of sulfonamides is 1. The van der Waals surface area contributed by atoms with Gasteiger partial charge in [0.25, 0.3) is 10.0 Å². The molecule has 0 aromatic heterocycles. The molecule has 0 aliphatic rings. The van der Waals surface area contributed by atoms with E-state index in [1.54, 1.807) is 54.6 Å². The van der Waals surface area contributed by atoms with Crippen LogP contribution < -0.4 is 13.8 Å². The molecule has 0 fully saturated rings. The second-order valence-electron chi connectivity index (χ2n) is 5.98. The molecule has 0 spiro atoms. The van der Waals surface area contributed by atoms with Crippen LogP contribution in [0.2, 0.25) is 0 Å². The van der Waals surface area contributed by atoms with Crippen molar-refractivity contribution in [3.63, 3.8) is 0 Å². The van der Waals surface area contributed by atoms with Crippen LogP contribution in [0.15, 0.2) is 77.7 Å². The average Bonchev–Trinajstić information content (AvgIpc) is 2.73. The van der Waals surface area contributed by atoms with E-state index in [0.29, 0.717) is 17.2 Å². The molecule has 0 radical (unpaired) electrons. The van der Waals surface area contributed by atoms with Crippen molar-refractivity contribution in [2.75, 3.05) is 18.5 Å². The Kier molecular flexibility index (Phi) is 5.84. The molecule has 0 amide bonds. The summed E-state index contributed by atoms with van der Waals surface area (Å²) in [5.41, 5.74) is 0.664. The van der Waals surface area contributed by atoms with E-state index in [2.05, 4.69) is 0 Å². The highest BCUT2D eigenvalue weighted by Crippen LogP contribution is 2.29. The number of nitrogens with zero attached hydrogens (tertiary/aromatic N) is 1. The Morgan fingerprint density at radius 2 is 1.54 bits per heavy atom. The second-order valence-corrected chi connectivity index (χ2v) is 7.84. The van der Waals surface area contributed by atoms with Gasteiger partial charge in [-0.2, -0.15) is 0 Å². The van der Waals surface area contributed by atoms with Crippen molar-refractivity contribution in [1.29, 1.82) is 0 Å². The van der Waals surface area contributed by atoms with Crippen molar-refractivity contribution in [3.05, 3.63) is 84.2 Å². The first-order valence-corrected chi connectivity index (χ1v) is 9.94. The first-order valence-electron chi connectivity index (χ1n) is 8.50. The van der Waals surface area contributed by atoms with Crippen molar-refractivity contribution < 1.29 is 22.3 Å². The Labute approximate surface area is 164 Å². The molecular formula is C21H20FNO4S. The summed E-state index contributed by atoms with van der Waals surface area (Å²) in [5.74, 6) is 0.539. The third-order valence-electron chi connectivity index (χ3n) is 4.26. The summed E-state index contributed by atoms with van der Waals surface area (Å²) in [6.07, 6.45) is 0. The first-order chi connectivity index (χ1) is 13.5. The molecule has 0 heterocycles. The molecule has 0 aliphatic carbocycles. The predicted octanol–water partition coefficient (Wildman–Crippen LogP) is 4.24. The summed E-state index contributed by atoms with van der Waals surface area (Å²) < 4.78 is 52.5. The Morgan fingerprint density at radius 1 is 0.857 bits per heavy atom. The van der Waals surface area contributed by atoms with Gasteiger partial charge in [0, 0.05) is 11.6 Å². The van der Waals surface area contributed by atoms with E-state index in [4.69, 9.17) is 9.47 Å². The van der Waals surface area contributed by atoms with E-state index in [-0.39, 0.29) is 17.0 Å². The highest BCUT2D eigenvalue weighted by atomic mass is 32.2. The van der Waals surface area contributed by atoms with Crippen LogP contribution >= 0.6 is 0 Å². The van der Waals surface area contributed by atoms with E-state index >= 15 is 0 Å². The maximum atomic E-state index is 14.2. The summed E-state index contributed by atoms with van der Waals surface area (Å²) >= 11 is 0. The Morgan fingerprint density at radius 3 is 2.18 bits per heavy atom. The molecule has 0 unspecified atom stereocenters. The average molecular weight is 401 g/mol. The maximum Gasteiger partial charge on any atom is 0.264 e. The zero-order valence-electron chi connectivity index (χ0n) is 15.5. The number of methoxy groups -OCH3 is 2. The summed E-state index contributed by atoms with van der Waals surface area (Å²) in [4.78, 5) is 0.0546. The van der Waals surface area contributed by atoms with Gasteiger partial charge in [-0.1, -0.05) is 24.3 Å². The van der Waals surface area contributed by atoms with Gasteiger partial charge in [0.1, 0.15) is 17.3 Å². The van der Waals surface area contributed by atoms with Crippen molar-refractivity contribution in [2.45, 2.75) is 11.4 Å². The summed E-state index contributed by atoms with van der Waals surface area (Å²) in [7, 11) is -0.984. The quantitative estimate of drug-likeness (QED) is 0.594. The number of ether oxygens (including phenoxy) is 2. The number of anilines is 1. The van der Waals surface area contributed by atoms with Crippen LogP contribution in [0.5, 0.6) is 11.5 Å². The first kappa shape index (κ1) is 19.7. The minimum Gasteiger partial charge on any atom is -0.497 e. The molecule has 28 heavy (non-hydrogen) atoms. The summed E-state index contributed by atoms with van der Waals surface area (Å²) in [6.45, 7) is -0.154. The zero-order valence-corrected chi connectivity index (χ0v) is 16.3. The van der Waals surface area contributed by atoms with Crippen LogP contribution in [-0.2, 0) is 16.6 Å². The summed E-state index contributed by atoms with van der Waals surface area (Å²) in [5, 5.41) is 0. The lowest BCUT2D eigenvalue weighted by atomic mass is 10.2. The molecule has 0 saturated heterocycles.